The first-order valence-electron chi connectivity index (χ1n) is 12.2. The van der Waals surface area contributed by atoms with Gasteiger partial charge in [0.1, 0.15) is 13.2 Å². The largest absolute Gasteiger partial charge is 0.470 e. The minimum Gasteiger partial charge on any atom is -0.470 e. The van der Waals surface area contributed by atoms with Crippen molar-refractivity contribution in [2.45, 2.75) is 26.2 Å². The number of pyridine rings is 1. The van der Waals surface area contributed by atoms with E-state index in [0.29, 0.717) is 59.8 Å². The van der Waals surface area contributed by atoms with Crippen molar-refractivity contribution in [2.24, 2.45) is 0 Å². The highest BCUT2D eigenvalue weighted by molar-refractivity contribution is 5.97. The highest BCUT2D eigenvalue weighted by Gasteiger charge is 2.25. The smallest absolute Gasteiger partial charge is 0.255 e. The summed E-state index contributed by atoms with van der Waals surface area (Å²) >= 11 is 0. The summed E-state index contributed by atoms with van der Waals surface area (Å²) in [6.07, 6.45) is 1.58. The molecular formula is C26H25N7O5. The molecular weight excluding hydrogens is 490 g/mol. The monoisotopic (exact) mass is 515 g/mol. The zero-order valence-corrected chi connectivity index (χ0v) is 20.9. The highest BCUT2D eigenvalue weighted by Crippen LogP contribution is 2.29. The molecule has 12 nitrogen and oxygen atoms in total. The fourth-order valence-corrected chi connectivity index (χ4v) is 4.42. The van der Waals surface area contributed by atoms with Crippen LogP contribution in [0.1, 0.15) is 28.7 Å². The summed E-state index contributed by atoms with van der Waals surface area (Å²) < 4.78 is 23.6. The molecule has 1 amide bonds. The van der Waals surface area contributed by atoms with Crippen molar-refractivity contribution in [3.05, 3.63) is 65.7 Å². The van der Waals surface area contributed by atoms with Crippen LogP contribution in [-0.4, -0.2) is 73.7 Å². The molecule has 1 aliphatic heterocycles. The lowest BCUT2D eigenvalue weighted by atomic mass is 10.2. The summed E-state index contributed by atoms with van der Waals surface area (Å²) in [5.74, 6) is 1.31. The van der Waals surface area contributed by atoms with Gasteiger partial charge in [-0.25, -0.2) is 0 Å². The third-order valence-corrected chi connectivity index (χ3v) is 6.36. The minimum absolute atomic E-state index is 0.0277. The number of hydrogen-bond acceptors (Lipinski definition) is 10. The Morgan fingerprint density at radius 2 is 2.00 bits per heavy atom. The number of carbonyl (C=O) groups is 1. The molecule has 0 bridgehead atoms. The second-order valence-electron chi connectivity index (χ2n) is 8.97. The van der Waals surface area contributed by atoms with Crippen LogP contribution in [0.25, 0.3) is 27.9 Å². The van der Waals surface area contributed by atoms with E-state index >= 15 is 0 Å². The molecule has 1 saturated heterocycles. The van der Waals surface area contributed by atoms with Crippen molar-refractivity contribution >= 4 is 22.3 Å². The van der Waals surface area contributed by atoms with E-state index in [4.69, 9.17) is 18.7 Å². The molecule has 5 heterocycles. The van der Waals surface area contributed by atoms with E-state index in [2.05, 4.69) is 25.4 Å². The number of ether oxygens (including phenoxy) is 3. The van der Waals surface area contributed by atoms with E-state index in [1.54, 1.807) is 36.0 Å². The first-order valence-corrected chi connectivity index (χ1v) is 12.2. The van der Waals surface area contributed by atoms with Crippen LogP contribution in [0.3, 0.4) is 0 Å². The van der Waals surface area contributed by atoms with Crippen LogP contribution in [0.5, 0.6) is 5.88 Å². The molecule has 1 unspecified atom stereocenters. The van der Waals surface area contributed by atoms with Crippen LogP contribution < -0.4 is 4.74 Å². The van der Waals surface area contributed by atoms with Crippen LogP contribution >= 0.6 is 0 Å². The number of morpholine rings is 1. The Bertz CT molecular complexity index is 1600. The number of fused-ring (bicyclic) bond motifs is 3. The standard InChI is InChI=1S/C26H25N7O5/c1-16-13-36-10-9-32(16)26(34)17-7-8-18(27-12-17)14-37-25-21-6-4-3-5-20(21)23-28-29-24(33(23)30-25)22-11-19(15-35-2)38-31-22/h3-8,11-12,16H,9-10,13-15H2,1-2H3. The van der Waals surface area contributed by atoms with Gasteiger partial charge in [0.15, 0.2) is 17.1 Å². The van der Waals surface area contributed by atoms with Crippen LogP contribution in [0.4, 0.5) is 0 Å². The number of methoxy groups -OCH3 is 1. The van der Waals surface area contributed by atoms with Gasteiger partial charge >= 0.3 is 0 Å². The molecule has 0 N–H and O–H groups in total. The maximum absolute atomic E-state index is 12.9. The van der Waals surface area contributed by atoms with Crippen LogP contribution in [-0.2, 0) is 22.7 Å². The first kappa shape index (κ1) is 23.9. The Hall–Kier alpha value is -4.42. The molecule has 1 aliphatic rings. The first-order chi connectivity index (χ1) is 18.6. The predicted octanol–water partition coefficient (Wildman–Crippen LogP) is 2.91. The molecule has 38 heavy (non-hydrogen) atoms. The fraction of sp³-hybridized carbons (Fsp3) is 0.308. The summed E-state index contributed by atoms with van der Waals surface area (Å²) in [6.45, 7) is 4.07. The van der Waals surface area contributed by atoms with Gasteiger partial charge in [-0.3, -0.25) is 9.78 Å². The molecule has 0 spiro atoms. The number of nitrogens with zero attached hydrogens (tertiary/aromatic N) is 7. The molecule has 0 radical (unpaired) electrons. The summed E-state index contributed by atoms with van der Waals surface area (Å²) in [4.78, 5) is 19.2. The van der Waals surface area contributed by atoms with Gasteiger partial charge in [-0.05, 0) is 25.1 Å². The molecule has 1 atom stereocenters. The normalized spacial score (nSPS) is 15.8. The number of hydrogen-bond donors (Lipinski definition) is 0. The third kappa shape index (κ3) is 4.44. The fourth-order valence-electron chi connectivity index (χ4n) is 4.42. The molecule has 5 aromatic rings. The molecule has 12 heteroatoms. The number of amides is 1. The maximum atomic E-state index is 12.9. The number of benzene rings is 1. The lowest BCUT2D eigenvalue weighted by Gasteiger charge is -2.33. The molecule has 0 saturated carbocycles. The number of aromatic nitrogens is 6. The van der Waals surface area contributed by atoms with Crippen molar-refractivity contribution in [1.29, 1.82) is 0 Å². The summed E-state index contributed by atoms with van der Waals surface area (Å²) in [5, 5.41) is 19.0. The van der Waals surface area contributed by atoms with Gasteiger partial charge in [0, 0.05) is 36.7 Å². The molecule has 4 aromatic heterocycles. The van der Waals surface area contributed by atoms with Gasteiger partial charge in [0.2, 0.25) is 11.7 Å². The third-order valence-electron chi connectivity index (χ3n) is 6.36. The van der Waals surface area contributed by atoms with Crippen LogP contribution in [0.2, 0.25) is 0 Å². The lowest BCUT2D eigenvalue weighted by Crippen LogP contribution is -2.47. The van der Waals surface area contributed by atoms with E-state index in [0.717, 1.165) is 10.8 Å². The van der Waals surface area contributed by atoms with Gasteiger partial charge in [-0.2, -0.15) is 4.52 Å². The Morgan fingerprint density at radius 1 is 1.13 bits per heavy atom. The van der Waals surface area contributed by atoms with Gasteiger partial charge in [0.25, 0.3) is 5.91 Å². The molecule has 6 rings (SSSR count). The number of rotatable bonds is 7. The highest BCUT2D eigenvalue weighted by atomic mass is 16.5. The quantitative estimate of drug-likeness (QED) is 0.319. The van der Waals surface area contributed by atoms with Crippen molar-refractivity contribution in [2.75, 3.05) is 26.9 Å². The predicted molar refractivity (Wildman–Crippen MR) is 134 cm³/mol. The summed E-state index contributed by atoms with van der Waals surface area (Å²) in [5.41, 5.74) is 2.24. The van der Waals surface area contributed by atoms with Crippen molar-refractivity contribution in [3.63, 3.8) is 0 Å². The molecule has 1 aromatic carbocycles. The van der Waals surface area contributed by atoms with Gasteiger partial charge in [-0.15, -0.1) is 15.3 Å². The summed E-state index contributed by atoms with van der Waals surface area (Å²) in [7, 11) is 1.58. The second-order valence-corrected chi connectivity index (χ2v) is 8.97. The minimum atomic E-state index is -0.0551. The van der Waals surface area contributed by atoms with E-state index in [9.17, 15) is 4.79 Å². The van der Waals surface area contributed by atoms with Crippen molar-refractivity contribution in [1.82, 2.24) is 34.9 Å². The molecule has 194 valence electrons. The summed E-state index contributed by atoms with van der Waals surface area (Å²) in [6, 6.07) is 13.0. The van der Waals surface area contributed by atoms with Crippen molar-refractivity contribution < 1.29 is 23.5 Å². The van der Waals surface area contributed by atoms with E-state index in [-0.39, 0.29) is 25.2 Å². The topological polar surface area (TPSA) is 130 Å². The Kier molecular flexibility index (Phi) is 6.40. The van der Waals surface area contributed by atoms with E-state index in [1.165, 1.54) is 0 Å². The van der Waals surface area contributed by atoms with Gasteiger partial charge in [0.05, 0.1) is 30.5 Å². The van der Waals surface area contributed by atoms with E-state index < -0.39 is 0 Å². The Labute approximate surface area is 217 Å². The van der Waals surface area contributed by atoms with Crippen molar-refractivity contribution in [3.8, 4) is 17.4 Å². The SMILES string of the molecule is COCc1cc(-c2nnc3c4ccccc4c(OCc4ccc(C(=O)N5CCOCC5C)cn4)nn23)no1. The Balaban J connectivity index is 1.27. The average Bonchev–Trinajstić information content (AvgIpc) is 3.59. The van der Waals surface area contributed by atoms with Gasteiger partial charge < -0.3 is 23.6 Å². The lowest BCUT2D eigenvalue weighted by molar-refractivity contribution is 0.00357. The molecule has 0 aliphatic carbocycles. The average molecular weight is 516 g/mol. The second kappa shape index (κ2) is 10.1. The molecule has 1 fully saturated rings. The van der Waals surface area contributed by atoms with E-state index in [1.807, 2.05) is 36.1 Å². The van der Waals surface area contributed by atoms with Crippen LogP contribution in [0, 0.1) is 0 Å². The number of carbonyl (C=O) groups excluding carboxylic acids is 1. The van der Waals surface area contributed by atoms with Gasteiger partial charge in [-0.1, -0.05) is 23.4 Å². The zero-order chi connectivity index (χ0) is 26.1. The maximum Gasteiger partial charge on any atom is 0.255 e. The zero-order valence-electron chi connectivity index (χ0n) is 20.9. The van der Waals surface area contributed by atoms with Crippen LogP contribution in [0.15, 0.2) is 53.2 Å². The Morgan fingerprint density at radius 3 is 2.79 bits per heavy atom.